The average Bonchev–Trinajstić information content (AvgIpc) is 2.79. The van der Waals surface area contributed by atoms with E-state index in [-0.39, 0.29) is 5.91 Å². The Labute approximate surface area is 108 Å². The van der Waals surface area contributed by atoms with Gasteiger partial charge in [-0.15, -0.1) is 0 Å². The molecular weight excluding hydrogens is 228 g/mol. The van der Waals surface area contributed by atoms with Gasteiger partial charge in [0.05, 0.1) is 5.69 Å². The highest BCUT2D eigenvalue weighted by molar-refractivity contribution is 5.92. The fourth-order valence-electron chi connectivity index (χ4n) is 2.50. The molecule has 1 fully saturated rings. The number of likely N-dealkylation sites (tertiary alicyclic amines) is 1. The van der Waals surface area contributed by atoms with Crippen molar-refractivity contribution in [3.05, 3.63) is 17.5 Å². The van der Waals surface area contributed by atoms with E-state index >= 15 is 0 Å². The van der Waals surface area contributed by atoms with E-state index in [4.69, 9.17) is 5.73 Å². The zero-order valence-electron chi connectivity index (χ0n) is 11.2. The second kappa shape index (κ2) is 5.52. The molecule has 5 nitrogen and oxygen atoms in total. The van der Waals surface area contributed by atoms with Crippen LogP contribution in [0.25, 0.3) is 0 Å². The zero-order chi connectivity index (χ0) is 13.1. The Balaban J connectivity index is 2.12. The predicted octanol–water partition coefficient (Wildman–Crippen LogP) is 0.793. The molecule has 18 heavy (non-hydrogen) atoms. The first-order valence-corrected chi connectivity index (χ1v) is 6.68. The van der Waals surface area contributed by atoms with E-state index in [2.05, 4.69) is 5.10 Å². The van der Waals surface area contributed by atoms with Crippen molar-refractivity contribution in [3.8, 4) is 0 Å². The van der Waals surface area contributed by atoms with E-state index in [0.717, 1.165) is 38.0 Å². The average molecular weight is 250 g/mol. The van der Waals surface area contributed by atoms with E-state index in [1.165, 1.54) is 0 Å². The summed E-state index contributed by atoms with van der Waals surface area (Å²) >= 11 is 0. The summed E-state index contributed by atoms with van der Waals surface area (Å²) < 4.78 is 1.69. The van der Waals surface area contributed by atoms with Gasteiger partial charge in [-0.25, -0.2) is 0 Å². The van der Waals surface area contributed by atoms with Gasteiger partial charge in [0.25, 0.3) is 5.91 Å². The van der Waals surface area contributed by atoms with Crippen LogP contribution in [-0.4, -0.2) is 40.2 Å². The van der Waals surface area contributed by atoms with Gasteiger partial charge >= 0.3 is 0 Å². The van der Waals surface area contributed by atoms with Crippen LogP contribution in [0.15, 0.2) is 6.07 Å². The highest BCUT2D eigenvalue weighted by Crippen LogP contribution is 2.18. The molecule has 2 N–H and O–H groups in total. The van der Waals surface area contributed by atoms with Gasteiger partial charge in [-0.2, -0.15) is 5.10 Å². The number of nitrogens with zero attached hydrogens (tertiary/aromatic N) is 3. The number of carbonyl (C=O) groups is 1. The van der Waals surface area contributed by atoms with Gasteiger partial charge in [0.1, 0.15) is 5.69 Å². The molecule has 1 atom stereocenters. The standard InChI is InChI=1S/C13H22N4O/c1-3-11-7-12(16(2)15-11)13(18)17-6-4-5-10(8-14)9-17/h7,10H,3-6,8-9,14H2,1-2H3. The van der Waals surface area contributed by atoms with Crippen molar-refractivity contribution in [3.63, 3.8) is 0 Å². The molecule has 0 saturated carbocycles. The Bertz CT molecular complexity index is 427. The maximum atomic E-state index is 12.4. The highest BCUT2D eigenvalue weighted by atomic mass is 16.2. The van der Waals surface area contributed by atoms with Crippen molar-refractivity contribution in [1.29, 1.82) is 0 Å². The zero-order valence-corrected chi connectivity index (χ0v) is 11.2. The molecule has 1 aromatic rings. The van der Waals surface area contributed by atoms with E-state index in [9.17, 15) is 4.79 Å². The minimum absolute atomic E-state index is 0.0860. The molecule has 1 aliphatic heterocycles. The summed E-state index contributed by atoms with van der Waals surface area (Å²) in [5.41, 5.74) is 7.36. The molecule has 0 radical (unpaired) electrons. The van der Waals surface area contributed by atoms with Crippen LogP contribution < -0.4 is 5.73 Å². The second-order valence-electron chi connectivity index (χ2n) is 4.99. The SMILES string of the molecule is CCc1cc(C(=O)N2CCCC(CN)C2)n(C)n1. The molecule has 0 bridgehead atoms. The number of hydrogen-bond donors (Lipinski definition) is 1. The molecule has 5 heteroatoms. The number of nitrogens with two attached hydrogens (primary N) is 1. The van der Waals surface area contributed by atoms with Gasteiger partial charge < -0.3 is 10.6 Å². The molecule has 2 heterocycles. The van der Waals surface area contributed by atoms with Crippen molar-refractivity contribution in [2.24, 2.45) is 18.7 Å². The normalized spacial score (nSPS) is 20.2. The van der Waals surface area contributed by atoms with E-state index in [0.29, 0.717) is 18.2 Å². The van der Waals surface area contributed by atoms with Crippen LogP contribution in [0.1, 0.15) is 35.9 Å². The van der Waals surface area contributed by atoms with E-state index in [1.807, 2.05) is 24.9 Å². The maximum absolute atomic E-state index is 12.4. The summed E-state index contributed by atoms with van der Waals surface area (Å²) in [4.78, 5) is 14.3. The van der Waals surface area contributed by atoms with Crippen molar-refractivity contribution >= 4 is 5.91 Å². The number of rotatable bonds is 3. The predicted molar refractivity (Wildman–Crippen MR) is 70.3 cm³/mol. The topological polar surface area (TPSA) is 64.2 Å². The van der Waals surface area contributed by atoms with Gasteiger partial charge in [0.2, 0.25) is 0 Å². The number of hydrogen-bond acceptors (Lipinski definition) is 3. The number of carbonyl (C=O) groups excluding carboxylic acids is 1. The molecule has 1 amide bonds. The molecule has 0 aliphatic carbocycles. The fourth-order valence-corrected chi connectivity index (χ4v) is 2.50. The Kier molecular flexibility index (Phi) is 4.01. The Morgan fingerprint density at radius 2 is 2.39 bits per heavy atom. The number of piperidine rings is 1. The summed E-state index contributed by atoms with van der Waals surface area (Å²) in [6, 6.07) is 1.90. The summed E-state index contributed by atoms with van der Waals surface area (Å²) in [7, 11) is 1.83. The molecular formula is C13H22N4O. The van der Waals surface area contributed by atoms with Crippen molar-refractivity contribution in [2.45, 2.75) is 26.2 Å². The molecule has 100 valence electrons. The van der Waals surface area contributed by atoms with Gasteiger partial charge in [-0.05, 0) is 37.8 Å². The lowest BCUT2D eigenvalue weighted by atomic mass is 9.98. The summed E-state index contributed by atoms with van der Waals surface area (Å²) in [6.07, 6.45) is 3.03. The summed E-state index contributed by atoms with van der Waals surface area (Å²) in [5, 5.41) is 4.33. The Morgan fingerprint density at radius 3 is 3.00 bits per heavy atom. The third kappa shape index (κ3) is 2.56. The van der Waals surface area contributed by atoms with Crippen molar-refractivity contribution < 1.29 is 4.79 Å². The smallest absolute Gasteiger partial charge is 0.272 e. The van der Waals surface area contributed by atoms with Crippen LogP contribution in [0, 0.1) is 5.92 Å². The molecule has 0 spiro atoms. The lowest BCUT2D eigenvalue weighted by Gasteiger charge is -2.32. The molecule has 1 unspecified atom stereocenters. The molecule has 1 aromatic heterocycles. The molecule has 0 aromatic carbocycles. The minimum Gasteiger partial charge on any atom is -0.337 e. The van der Waals surface area contributed by atoms with Crippen LogP contribution in [0.4, 0.5) is 0 Å². The first-order valence-electron chi connectivity index (χ1n) is 6.68. The van der Waals surface area contributed by atoms with Crippen molar-refractivity contribution in [1.82, 2.24) is 14.7 Å². The first-order chi connectivity index (χ1) is 8.65. The first kappa shape index (κ1) is 13.1. The minimum atomic E-state index is 0.0860. The van der Waals surface area contributed by atoms with Gasteiger partial charge in [-0.1, -0.05) is 6.92 Å². The molecule has 1 aliphatic rings. The molecule has 2 rings (SSSR count). The third-order valence-electron chi connectivity index (χ3n) is 3.65. The number of aromatic nitrogens is 2. The van der Waals surface area contributed by atoms with Crippen LogP contribution in [-0.2, 0) is 13.5 Å². The van der Waals surface area contributed by atoms with Crippen LogP contribution in [0.5, 0.6) is 0 Å². The summed E-state index contributed by atoms with van der Waals surface area (Å²) in [5.74, 6) is 0.532. The monoisotopic (exact) mass is 250 g/mol. The van der Waals surface area contributed by atoms with Crippen LogP contribution in [0.2, 0.25) is 0 Å². The maximum Gasteiger partial charge on any atom is 0.272 e. The van der Waals surface area contributed by atoms with Gasteiger partial charge in [-0.3, -0.25) is 9.48 Å². The lowest BCUT2D eigenvalue weighted by Crippen LogP contribution is -2.42. The number of amides is 1. The largest absolute Gasteiger partial charge is 0.337 e. The quantitative estimate of drug-likeness (QED) is 0.862. The fraction of sp³-hybridized carbons (Fsp3) is 0.692. The highest BCUT2D eigenvalue weighted by Gasteiger charge is 2.25. The lowest BCUT2D eigenvalue weighted by molar-refractivity contribution is 0.0667. The van der Waals surface area contributed by atoms with Crippen molar-refractivity contribution in [2.75, 3.05) is 19.6 Å². The second-order valence-corrected chi connectivity index (χ2v) is 4.99. The summed E-state index contributed by atoms with van der Waals surface area (Å²) in [6.45, 7) is 4.32. The molecule has 1 saturated heterocycles. The van der Waals surface area contributed by atoms with Gasteiger partial charge in [0.15, 0.2) is 0 Å². The van der Waals surface area contributed by atoms with Crippen LogP contribution in [0.3, 0.4) is 0 Å². The third-order valence-corrected chi connectivity index (χ3v) is 3.65. The Hall–Kier alpha value is -1.36. The van der Waals surface area contributed by atoms with Crippen LogP contribution >= 0.6 is 0 Å². The Morgan fingerprint density at radius 1 is 1.61 bits per heavy atom. The van der Waals surface area contributed by atoms with E-state index < -0.39 is 0 Å². The van der Waals surface area contributed by atoms with Gasteiger partial charge in [0, 0.05) is 20.1 Å². The number of aryl methyl sites for hydroxylation is 2. The van der Waals surface area contributed by atoms with E-state index in [1.54, 1.807) is 4.68 Å².